The van der Waals surface area contributed by atoms with Crippen LogP contribution in [0.5, 0.6) is 11.5 Å². The minimum Gasteiger partial charge on any atom is -0.456 e. The van der Waals surface area contributed by atoms with Crippen LogP contribution >= 0.6 is 0 Å². The highest BCUT2D eigenvalue weighted by Gasteiger charge is 2.19. The van der Waals surface area contributed by atoms with Crippen molar-refractivity contribution in [1.82, 2.24) is 24.6 Å². The summed E-state index contributed by atoms with van der Waals surface area (Å²) in [6, 6.07) is 13.2. The maximum Gasteiger partial charge on any atom is 0.251 e. The second kappa shape index (κ2) is 12.5. The highest BCUT2D eigenvalue weighted by atomic mass is 28.3. The minimum atomic E-state index is -1.25. The van der Waals surface area contributed by atoms with E-state index < -0.39 is 19.7 Å². The molecule has 11 heteroatoms. The Kier molecular flexibility index (Phi) is 8.74. The van der Waals surface area contributed by atoms with E-state index in [1.165, 1.54) is 12.1 Å². The molecule has 3 heterocycles. The van der Waals surface area contributed by atoms with Crippen molar-refractivity contribution in [1.29, 1.82) is 0 Å². The number of nitrogens with one attached hydrogen (secondary N) is 1. The van der Waals surface area contributed by atoms with Crippen LogP contribution in [-0.4, -0.2) is 39.9 Å². The average molecular weight is 604 g/mol. The molecule has 5 rings (SSSR count). The second-order valence-corrected chi connectivity index (χ2v) is 17.4. The number of aromatic nitrogens is 4. The summed E-state index contributed by atoms with van der Waals surface area (Å²) in [5.41, 5.74) is 3.87. The maximum absolute atomic E-state index is 13.6. The molecule has 0 aliphatic carbocycles. The molecule has 5 aromatic rings. The van der Waals surface area contributed by atoms with E-state index in [0.717, 1.165) is 28.8 Å². The molecule has 0 atom stereocenters. The van der Waals surface area contributed by atoms with Gasteiger partial charge in [-0.2, -0.15) is 5.10 Å². The number of hydrogen-bond acceptors (Lipinski definition) is 5. The summed E-state index contributed by atoms with van der Waals surface area (Å²) in [6.07, 6.45) is 5.43. The van der Waals surface area contributed by atoms with Crippen LogP contribution in [0.15, 0.2) is 67.1 Å². The van der Waals surface area contributed by atoms with E-state index in [4.69, 9.17) is 9.47 Å². The van der Waals surface area contributed by atoms with Crippen molar-refractivity contribution >= 4 is 25.0 Å². The van der Waals surface area contributed by atoms with E-state index in [0.29, 0.717) is 47.2 Å². The maximum atomic E-state index is 13.6. The van der Waals surface area contributed by atoms with Crippen LogP contribution in [0.2, 0.25) is 25.7 Å². The summed E-state index contributed by atoms with van der Waals surface area (Å²) in [4.78, 5) is 17.7. The van der Waals surface area contributed by atoms with Crippen LogP contribution in [0.3, 0.4) is 0 Å². The molecule has 1 amide bonds. The first-order chi connectivity index (χ1) is 20.5. The molecule has 0 unspecified atom stereocenters. The molecule has 0 saturated heterocycles. The van der Waals surface area contributed by atoms with Gasteiger partial charge in [-0.1, -0.05) is 25.7 Å². The van der Waals surface area contributed by atoms with Crippen LogP contribution in [0, 0.1) is 18.6 Å². The van der Waals surface area contributed by atoms with Gasteiger partial charge in [0.05, 0.1) is 17.3 Å². The molecule has 224 valence electrons. The molecular weight excluding hydrogens is 568 g/mol. The summed E-state index contributed by atoms with van der Waals surface area (Å²) in [5.74, 6) is -0.699. The van der Waals surface area contributed by atoms with Crippen molar-refractivity contribution in [3.63, 3.8) is 0 Å². The number of nitrogens with zero attached hydrogens (tertiary/aromatic N) is 4. The van der Waals surface area contributed by atoms with Crippen LogP contribution < -0.4 is 10.1 Å². The van der Waals surface area contributed by atoms with Crippen LogP contribution in [0.25, 0.3) is 22.3 Å². The Morgan fingerprint density at radius 1 is 1.05 bits per heavy atom. The Bertz CT molecular complexity index is 1760. The Labute approximate surface area is 250 Å². The number of fused-ring (bicyclic) bond motifs is 1. The Morgan fingerprint density at radius 2 is 1.81 bits per heavy atom. The third-order valence-electron chi connectivity index (χ3n) is 7.10. The number of ether oxygens (including phenoxy) is 2. The number of amides is 1. The lowest BCUT2D eigenvalue weighted by Gasteiger charge is -2.16. The fourth-order valence-corrected chi connectivity index (χ4v) is 5.51. The fourth-order valence-electron chi connectivity index (χ4n) is 4.75. The number of halogens is 2. The number of rotatable bonds is 11. The summed E-state index contributed by atoms with van der Waals surface area (Å²) >= 11 is 0. The lowest BCUT2D eigenvalue weighted by molar-refractivity contribution is 0.0909. The number of carbonyl (C=O) groups excluding carboxylic acids is 1. The van der Waals surface area contributed by atoms with Gasteiger partial charge in [0.25, 0.3) is 5.91 Å². The SMILES string of the molecule is Cc1c(Oc2ccnc3c2cc(-c2cnn(C)c2)n3COCC[Si](C)(C)C)cccc1C(=O)NCc1cc(F)cc(F)c1. The molecule has 0 bridgehead atoms. The standard InChI is InChI=1S/C32H35F2N5O3Si/c1-21-26(32(40)36-17-22-13-24(33)15-25(34)14-22)7-6-8-29(21)42-30-9-10-35-31-27(30)16-28(23-18-37-38(2)19-23)39(31)20-41-11-12-43(3,4)5/h6-10,13-16,18-19H,11-12,17,20H2,1-5H3,(H,36,40). The zero-order valence-electron chi connectivity index (χ0n) is 24.9. The monoisotopic (exact) mass is 603 g/mol. The number of benzene rings is 2. The first-order valence-electron chi connectivity index (χ1n) is 14.0. The molecule has 0 fully saturated rings. The van der Waals surface area contributed by atoms with Gasteiger partial charge >= 0.3 is 0 Å². The molecule has 0 saturated carbocycles. The number of carbonyl (C=O) groups is 1. The Balaban J connectivity index is 1.42. The molecule has 0 radical (unpaired) electrons. The topological polar surface area (TPSA) is 83.2 Å². The van der Waals surface area contributed by atoms with Gasteiger partial charge in [-0.05, 0) is 54.9 Å². The second-order valence-electron chi connectivity index (χ2n) is 11.7. The molecule has 8 nitrogen and oxygen atoms in total. The highest BCUT2D eigenvalue weighted by Crippen LogP contribution is 2.36. The van der Waals surface area contributed by atoms with Crippen molar-refractivity contribution in [2.75, 3.05) is 6.61 Å². The molecule has 3 aromatic heterocycles. The first kappa shape index (κ1) is 30.1. The van der Waals surface area contributed by atoms with Gasteiger partial charge in [0, 0.05) is 63.4 Å². The molecule has 2 aromatic carbocycles. The third kappa shape index (κ3) is 7.18. The molecule has 0 spiro atoms. The lowest BCUT2D eigenvalue weighted by atomic mass is 10.1. The zero-order valence-corrected chi connectivity index (χ0v) is 25.9. The molecule has 0 aliphatic rings. The van der Waals surface area contributed by atoms with Crippen molar-refractivity contribution in [3.05, 3.63) is 95.4 Å². The smallest absolute Gasteiger partial charge is 0.251 e. The van der Waals surface area contributed by atoms with Crippen molar-refractivity contribution in [2.45, 2.75) is 45.9 Å². The molecule has 43 heavy (non-hydrogen) atoms. The third-order valence-corrected chi connectivity index (χ3v) is 8.80. The predicted octanol–water partition coefficient (Wildman–Crippen LogP) is 7.06. The molecule has 0 aliphatic heterocycles. The molecule has 1 N–H and O–H groups in total. The van der Waals surface area contributed by atoms with Gasteiger partial charge in [0.15, 0.2) is 0 Å². The Morgan fingerprint density at radius 3 is 2.51 bits per heavy atom. The average Bonchev–Trinajstić information content (AvgIpc) is 3.53. The van der Waals surface area contributed by atoms with Gasteiger partial charge < -0.3 is 19.4 Å². The van der Waals surface area contributed by atoms with Gasteiger partial charge in [-0.3, -0.25) is 9.48 Å². The quantitative estimate of drug-likeness (QED) is 0.129. The fraction of sp³-hybridized carbons (Fsp3) is 0.281. The Hall–Kier alpha value is -4.35. The van der Waals surface area contributed by atoms with Crippen molar-refractivity contribution in [2.24, 2.45) is 7.05 Å². The summed E-state index contributed by atoms with van der Waals surface area (Å²) < 4.78 is 43.4. The van der Waals surface area contributed by atoms with Gasteiger partial charge in [0.2, 0.25) is 0 Å². The summed E-state index contributed by atoms with van der Waals surface area (Å²) in [6.45, 7) is 9.73. The zero-order chi connectivity index (χ0) is 30.7. The molecular formula is C32H35F2N5O3Si. The predicted molar refractivity (Wildman–Crippen MR) is 165 cm³/mol. The largest absolute Gasteiger partial charge is 0.456 e. The van der Waals surface area contributed by atoms with Crippen LogP contribution in [0.4, 0.5) is 8.78 Å². The van der Waals surface area contributed by atoms with E-state index in [1.807, 2.05) is 23.9 Å². The lowest BCUT2D eigenvalue weighted by Crippen LogP contribution is -2.23. The van der Waals surface area contributed by atoms with Crippen LogP contribution in [0.1, 0.15) is 21.5 Å². The van der Waals surface area contributed by atoms with E-state index >= 15 is 0 Å². The normalized spacial score (nSPS) is 11.7. The van der Waals surface area contributed by atoms with Crippen molar-refractivity contribution in [3.8, 4) is 22.8 Å². The number of pyridine rings is 1. The van der Waals surface area contributed by atoms with E-state index in [-0.39, 0.29) is 12.5 Å². The summed E-state index contributed by atoms with van der Waals surface area (Å²) in [5, 5.41) is 7.87. The summed E-state index contributed by atoms with van der Waals surface area (Å²) in [7, 11) is 0.624. The van der Waals surface area contributed by atoms with Gasteiger partial charge in [-0.25, -0.2) is 13.8 Å². The van der Waals surface area contributed by atoms with Gasteiger partial charge in [0.1, 0.15) is 35.5 Å². The van der Waals surface area contributed by atoms with Crippen LogP contribution in [-0.2, 0) is 25.1 Å². The number of aryl methyl sites for hydroxylation is 1. The van der Waals surface area contributed by atoms with Gasteiger partial charge in [-0.15, -0.1) is 0 Å². The number of hydrogen-bond donors (Lipinski definition) is 1. The van der Waals surface area contributed by atoms with E-state index in [1.54, 1.807) is 48.3 Å². The minimum absolute atomic E-state index is 0.0202. The van der Waals surface area contributed by atoms with Crippen molar-refractivity contribution < 1.29 is 23.0 Å². The first-order valence-corrected chi connectivity index (χ1v) is 17.7. The highest BCUT2D eigenvalue weighted by molar-refractivity contribution is 6.76. The van der Waals surface area contributed by atoms with E-state index in [2.05, 4.69) is 35.0 Å². The van der Waals surface area contributed by atoms with E-state index in [9.17, 15) is 13.6 Å².